The molecule has 0 aliphatic rings. The van der Waals surface area contributed by atoms with Crippen LogP contribution in [0.1, 0.15) is 22.3 Å². The molecule has 0 heterocycles. The van der Waals surface area contributed by atoms with Gasteiger partial charge in [-0.05, 0) is 44.5 Å². The highest BCUT2D eigenvalue weighted by Gasteiger charge is 2.22. The van der Waals surface area contributed by atoms with Gasteiger partial charge >= 0.3 is 5.97 Å². The van der Waals surface area contributed by atoms with Gasteiger partial charge in [0.25, 0.3) is 0 Å². The molecule has 1 atom stereocenters. The summed E-state index contributed by atoms with van der Waals surface area (Å²) < 4.78 is 6.49. The molecule has 1 aromatic rings. The van der Waals surface area contributed by atoms with Crippen LogP contribution in [0.15, 0.2) is 4.47 Å². The summed E-state index contributed by atoms with van der Waals surface area (Å²) in [5, 5.41) is 12.0. The molecule has 0 radical (unpaired) electrons. The molecule has 1 unspecified atom stereocenters. The number of aliphatic carboxylic acids is 1. The lowest BCUT2D eigenvalue weighted by atomic mass is 9.94. The van der Waals surface area contributed by atoms with Gasteiger partial charge in [0, 0.05) is 16.5 Å². The van der Waals surface area contributed by atoms with E-state index in [1.54, 1.807) is 14.2 Å². The number of hydrogen-bond donors (Lipinski definition) is 2. The van der Waals surface area contributed by atoms with Crippen molar-refractivity contribution in [2.24, 2.45) is 0 Å². The number of likely N-dealkylation sites (N-methyl/N-ethyl adjacent to an activating group) is 1. The Morgan fingerprint density at radius 3 is 2.32 bits per heavy atom. The van der Waals surface area contributed by atoms with Crippen LogP contribution < -0.4 is 10.1 Å². The lowest BCUT2D eigenvalue weighted by Gasteiger charge is -2.21. The predicted molar refractivity (Wildman–Crippen MR) is 79.1 cm³/mol. The molecule has 0 aromatic heterocycles. The van der Waals surface area contributed by atoms with E-state index in [-0.39, 0.29) is 0 Å². The van der Waals surface area contributed by atoms with E-state index in [4.69, 9.17) is 9.84 Å². The zero-order valence-electron chi connectivity index (χ0n) is 11.9. The molecule has 0 bridgehead atoms. The maximum Gasteiger partial charge on any atom is 0.321 e. The van der Waals surface area contributed by atoms with Crippen molar-refractivity contribution in [3.05, 3.63) is 26.7 Å². The molecular weight excluding hydrogens is 310 g/mol. The van der Waals surface area contributed by atoms with E-state index in [0.717, 1.165) is 32.5 Å². The van der Waals surface area contributed by atoms with E-state index in [1.807, 2.05) is 20.8 Å². The first-order valence-electron chi connectivity index (χ1n) is 6.07. The van der Waals surface area contributed by atoms with Gasteiger partial charge in [-0.2, -0.15) is 0 Å². The van der Waals surface area contributed by atoms with Gasteiger partial charge in [0.2, 0.25) is 0 Å². The Morgan fingerprint density at radius 1 is 1.32 bits per heavy atom. The van der Waals surface area contributed by atoms with Gasteiger partial charge in [0.15, 0.2) is 0 Å². The number of hydrogen-bond acceptors (Lipinski definition) is 3. The summed E-state index contributed by atoms with van der Waals surface area (Å²) >= 11 is 3.57. The van der Waals surface area contributed by atoms with Gasteiger partial charge in [0.05, 0.1) is 7.11 Å². The largest absolute Gasteiger partial charge is 0.496 e. The Bertz CT molecular complexity index is 500. The smallest absolute Gasteiger partial charge is 0.321 e. The van der Waals surface area contributed by atoms with Crippen LogP contribution in [0.25, 0.3) is 0 Å². The lowest BCUT2D eigenvalue weighted by Crippen LogP contribution is -2.36. The molecule has 0 amide bonds. The number of rotatable bonds is 5. The lowest BCUT2D eigenvalue weighted by molar-refractivity contribution is -0.139. The summed E-state index contributed by atoms with van der Waals surface area (Å²) in [6, 6.07) is -0.624. The second-order valence-corrected chi connectivity index (χ2v) is 5.38. The van der Waals surface area contributed by atoms with E-state index in [9.17, 15) is 4.79 Å². The molecular formula is C14H20BrNO3. The molecule has 106 valence electrons. The first kappa shape index (κ1) is 16.0. The van der Waals surface area contributed by atoms with Crippen molar-refractivity contribution >= 4 is 21.9 Å². The van der Waals surface area contributed by atoms with Crippen LogP contribution >= 0.6 is 15.9 Å². The molecule has 4 nitrogen and oxygen atoms in total. The number of carbonyl (C=O) groups is 1. The maximum atomic E-state index is 11.2. The van der Waals surface area contributed by atoms with Gasteiger partial charge in [-0.15, -0.1) is 0 Å². The van der Waals surface area contributed by atoms with Crippen LogP contribution in [-0.2, 0) is 11.2 Å². The first-order valence-corrected chi connectivity index (χ1v) is 6.86. The van der Waals surface area contributed by atoms with Gasteiger partial charge in [-0.25, -0.2) is 0 Å². The fourth-order valence-corrected chi connectivity index (χ4v) is 2.72. The van der Waals surface area contributed by atoms with Crippen LogP contribution in [0.2, 0.25) is 0 Å². The van der Waals surface area contributed by atoms with Crippen LogP contribution in [0.5, 0.6) is 5.75 Å². The van der Waals surface area contributed by atoms with E-state index in [1.165, 1.54) is 0 Å². The first-order chi connectivity index (χ1) is 8.84. The van der Waals surface area contributed by atoms with Crippen LogP contribution in [-0.4, -0.2) is 31.3 Å². The normalized spacial score (nSPS) is 12.3. The number of benzene rings is 1. The maximum absolute atomic E-state index is 11.2. The number of methoxy groups -OCH3 is 1. The number of nitrogens with one attached hydrogen (secondary N) is 1. The average Bonchev–Trinajstić information content (AvgIpc) is 2.38. The molecule has 1 rings (SSSR count). The van der Waals surface area contributed by atoms with Gasteiger partial charge in [-0.3, -0.25) is 4.79 Å². The zero-order chi connectivity index (χ0) is 14.7. The molecule has 0 spiro atoms. The predicted octanol–water partition coefficient (Wildman–Crippen LogP) is 2.60. The Balaban J connectivity index is 3.37. The SMILES string of the molecule is CNC(Cc1c(C)c(Br)c(C)c(C)c1OC)C(=O)O. The Kier molecular flexibility index (Phi) is 5.38. The van der Waals surface area contributed by atoms with Crippen LogP contribution in [0.4, 0.5) is 0 Å². The topological polar surface area (TPSA) is 58.6 Å². The van der Waals surface area contributed by atoms with Crippen LogP contribution in [0.3, 0.4) is 0 Å². The molecule has 5 heteroatoms. The molecule has 0 saturated heterocycles. The van der Waals surface area contributed by atoms with Gasteiger partial charge in [0.1, 0.15) is 11.8 Å². The van der Waals surface area contributed by atoms with E-state index in [2.05, 4.69) is 21.2 Å². The summed E-state index contributed by atoms with van der Waals surface area (Å²) in [7, 11) is 3.27. The third-order valence-electron chi connectivity index (χ3n) is 3.55. The highest BCUT2D eigenvalue weighted by Crippen LogP contribution is 2.36. The van der Waals surface area contributed by atoms with Crippen molar-refractivity contribution in [1.29, 1.82) is 0 Å². The van der Waals surface area contributed by atoms with Crippen LogP contribution in [0, 0.1) is 20.8 Å². The summed E-state index contributed by atoms with van der Waals surface area (Å²) in [6.07, 6.45) is 0.389. The molecule has 0 fully saturated rings. The molecule has 0 aliphatic heterocycles. The fraction of sp³-hybridized carbons (Fsp3) is 0.500. The highest BCUT2D eigenvalue weighted by atomic mass is 79.9. The molecule has 2 N–H and O–H groups in total. The Hall–Kier alpha value is -1.07. The van der Waals surface area contributed by atoms with Crippen molar-refractivity contribution in [2.45, 2.75) is 33.2 Å². The zero-order valence-corrected chi connectivity index (χ0v) is 13.5. The minimum absolute atomic E-state index is 0.389. The van der Waals surface area contributed by atoms with Crippen molar-refractivity contribution < 1.29 is 14.6 Å². The van der Waals surface area contributed by atoms with E-state index >= 15 is 0 Å². The number of carboxylic acid groups (broad SMARTS) is 1. The summed E-state index contributed by atoms with van der Waals surface area (Å²) in [5.74, 6) is -0.0852. The van der Waals surface area contributed by atoms with Crippen molar-refractivity contribution in [2.75, 3.05) is 14.2 Å². The second-order valence-electron chi connectivity index (χ2n) is 4.58. The third kappa shape index (κ3) is 3.09. The fourth-order valence-electron chi connectivity index (χ4n) is 2.18. The monoisotopic (exact) mass is 329 g/mol. The molecule has 19 heavy (non-hydrogen) atoms. The van der Waals surface area contributed by atoms with Gasteiger partial charge < -0.3 is 15.2 Å². The van der Waals surface area contributed by atoms with Crippen molar-refractivity contribution in [1.82, 2.24) is 5.32 Å². The summed E-state index contributed by atoms with van der Waals surface area (Å²) in [6.45, 7) is 5.98. The van der Waals surface area contributed by atoms with E-state index < -0.39 is 12.0 Å². The quantitative estimate of drug-likeness (QED) is 0.871. The Labute approximate surface area is 122 Å². The van der Waals surface area contributed by atoms with Crippen molar-refractivity contribution in [3.63, 3.8) is 0 Å². The number of halogens is 1. The van der Waals surface area contributed by atoms with Gasteiger partial charge in [-0.1, -0.05) is 15.9 Å². The highest BCUT2D eigenvalue weighted by molar-refractivity contribution is 9.10. The number of ether oxygens (including phenoxy) is 1. The Morgan fingerprint density at radius 2 is 1.89 bits per heavy atom. The summed E-state index contributed by atoms with van der Waals surface area (Å²) in [5.41, 5.74) is 4.12. The molecule has 1 aromatic carbocycles. The molecule has 0 aliphatic carbocycles. The number of carboxylic acids is 1. The minimum Gasteiger partial charge on any atom is -0.496 e. The summed E-state index contributed by atoms with van der Waals surface area (Å²) in [4.78, 5) is 11.2. The molecule has 0 saturated carbocycles. The van der Waals surface area contributed by atoms with E-state index in [0.29, 0.717) is 6.42 Å². The third-order valence-corrected chi connectivity index (χ3v) is 4.74. The average molecular weight is 330 g/mol. The minimum atomic E-state index is -0.863. The standard InChI is InChI=1S/C14H20BrNO3/c1-7-8(2)13(19-5)10(9(3)12(7)15)6-11(16-4)14(17)18/h11,16H,6H2,1-5H3,(H,17,18). The second kappa shape index (κ2) is 6.39. The van der Waals surface area contributed by atoms with Crippen molar-refractivity contribution in [3.8, 4) is 5.75 Å².